The van der Waals surface area contributed by atoms with Crippen LogP contribution in [0.25, 0.3) is 12.2 Å². The Kier molecular flexibility index (Phi) is 3.72. The van der Waals surface area contributed by atoms with Crippen LogP contribution in [0.15, 0.2) is 24.3 Å². The van der Waals surface area contributed by atoms with E-state index in [2.05, 4.69) is 16.0 Å². The third-order valence-electron chi connectivity index (χ3n) is 2.97. The standard InChI is InChI=1S/C16H15N3/c1-11-12(2)19-16(13(3)18-11)8-7-14-5-4-6-15(9-14)10-17/h4-9H,1-3H3/b8-7+. The van der Waals surface area contributed by atoms with Crippen LogP contribution in [-0.4, -0.2) is 9.97 Å². The lowest BCUT2D eigenvalue weighted by Gasteiger charge is -2.04. The van der Waals surface area contributed by atoms with E-state index in [4.69, 9.17) is 5.26 Å². The van der Waals surface area contributed by atoms with Gasteiger partial charge in [-0.15, -0.1) is 0 Å². The smallest absolute Gasteiger partial charge is 0.0991 e. The van der Waals surface area contributed by atoms with Crippen molar-refractivity contribution in [3.05, 3.63) is 58.2 Å². The van der Waals surface area contributed by atoms with E-state index in [1.54, 1.807) is 6.07 Å². The molecule has 0 amide bonds. The second-order valence-electron chi connectivity index (χ2n) is 4.44. The predicted molar refractivity (Wildman–Crippen MR) is 76.3 cm³/mol. The Morgan fingerprint density at radius 2 is 1.74 bits per heavy atom. The van der Waals surface area contributed by atoms with Crippen LogP contribution in [-0.2, 0) is 0 Å². The summed E-state index contributed by atoms with van der Waals surface area (Å²) in [6.07, 6.45) is 3.89. The summed E-state index contributed by atoms with van der Waals surface area (Å²) >= 11 is 0. The molecule has 0 saturated carbocycles. The minimum Gasteiger partial charge on any atom is -0.254 e. The van der Waals surface area contributed by atoms with E-state index in [1.807, 2.05) is 51.1 Å². The van der Waals surface area contributed by atoms with Crippen LogP contribution in [0.4, 0.5) is 0 Å². The van der Waals surface area contributed by atoms with Crippen LogP contribution in [0.1, 0.15) is 33.9 Å². The Morgan fingerprint density at radius 3 is 2.47 bits per heavy atom. The average Bonchev–Trinajstić information content (AvgIpc) is 2.41. The van der Waals surface area contributed by atoms with Crippen LogP contribution in [0.3, 0.4) is 0 Å². The van der Waals surface area contributed by atoms with E-state index in [1.165, 1.54) is 0 Å². The van der Waals surface area contributed by atoms with Gasteiger partial charge in [0, 0.05) is 0 Å². The zero-order chi connectivity index (χ0) is 13.8. The molecule has 1 aromatic heterocycles. The lowest BCUT2D eigenvalue weighted by Crippen LogP contribution is -1.98. The summed E-state index contributed by atoms with van der Waals surface area (Å²) in [4.78, 5) is 8.97. The summed E-state index contributed by atoms with van der Waals surface area (Å²) in [5.41, 5.74) is 5.32. The SMILES string of the molecule is Cc1nc(C)c(/C=C/c2cccc(C#N)c2)nc1C. The third-order valence-corrected chi connectivity index (χ3v) is 2.97. The molecule has 0 N–H and O–H groups in total. The van der Waals surface area contributed by atoms with Gasteiger partial charge in [0.15, 0.2) is 0 Å². The van der Waals surface area contributed by atoms with Crippen molar-refractivity contribution in [1.29, 1.82) is 5.26 Å². The lowest BCUT2D eigenvalue weighted by molar-refractivity contribution is 0.991. The summed E-state index contributed by atoms with van der Waals surface area (Å²) in [6.45, 7) is 5.86. The molecule has 0 saturated heterocycles. The molecule has 3 nitrogen and oxygen atoms in total. The van der Waals surface area contributed by atoms with E-state index >= 15 is 0 Å². The first-order valence-corrected chi connectivity index (χ1v) is 6.10. The minimum atomic E-state index is 0.657. The monoisotopic (exact) mass is 249 g/mol. The molecule has 0 aliphatic carbocycles. The highest BCUT2D eigenvalue weighted by Crippen LogP contribution is 2.12. The van der Waals surface area contributed by atoms with Crippen molar-refractivity contribution in [3.8, 4) is 6.07 Å². The number of nitrogens with zero attached hydrogens (tertiary/aromatic N) is 3. The molecule has 0 fully saturated rings. The van der Waals surface area contributed by atoms with Gasteiger partial charge in [-0.25, -0.2) is 4.98 Å². The normalized spacial score (nSPS) is 10.6. The van der Waals surface area contributed by atoms with Gasteiger partial charge in [-0.3, -0.25) is 4.98 Å². The van der Waals surface area contributed by atoms with E-state index in [0.717, 1.165) is 28.3 Å². The van der Waals surface area contributed by atoms with Gasteiger partial charge in [-0.1, -0.05) is 18.2 Å². The van der Waals surface area contributed by atoms with Crippen LogP contribution in [0.5, 0.6) is 0 Å². The molecule has 0 spiro atoms. The summed E-state index contributed by atoms with van der Waals surface area (Å²) in [7, 11) is 0. The molecule has 2 aromatic rings. The quantitative estimate of drug-likeness (QED) is 0.819. The third kappa shape index (κ3) is 3.05. The number of benzene rings is 1. The molecule has 0 unspecified atom stereocenters. The molecule has 19 heavy (non-hydrogen) atoms. The van der Waals surface area contributed by atoms with E-state index in [0.29, 0.717) is 5.56 Å². The molecule has 3 heteroatoms. The Bertz CT molecular complexity index is 679. The van der Waals surface area contributed by atoms with Crippen LogP contribution < -0.4 is 0 Å². The maximum Gasteiger partial charge on any atom is 0.0991 e. The van der Waals surface area contributed by atoms with Gasteiger partial charge in [-0.2, -0.15) is 5.26 Å². The molecular weight excluding hydrogens is 234 g/mol. The Labute approximate surface area is 113 Å². The first-order valence-electron chi connectivity index (χ1n) is 6.10. The molecule has 0 atom stereocenters. The molecule has 94 valence electrons. The predicted octanol–water partition coefficient (Wildman–Crippen LogP) is 3.44. The van der Waals surface area contributed by atoms with Crippen molar-refractivity contribution in [3.63, 3.8) is 0 Å². The summed E-state index contributed by atoms with van der Waals surface area (Å²) in [6, 6.07) is 9.60. The molecule has 1 aromatic carbocycles. The van der Waals surface area contributed by atoms with Gasteiger partial charge < -0.3 is 0 Å². The Morgan fingerprint density at radius 1 is 1.00 bits per heavy atom. The molecule has 2 rings (SSSR count). The first-order chi connectivity index (χ1) is 9.10. The van der Waals surface area contributed by atoms with Crippen molar-refractivity contribution in [2.24, 2.45) is 0 Å². The molecule has 0 radical (unpaired) electrons. The second-order valence-corrected chi connectivity index (χ2v) is 4.44. The van der Waals surface area contributed by atoms with E-state index in [9.17, 15) is 0 Å². The highest BCUT2D eigenvalue weighted by Gasteiger charge is 2.02. The number of hydrogen-bond donors (Lipinski definition) is 0. The highest BCUT2D eigenvalue weighted by atomic mass is 14.8. The summed E-state index contributed by atoms with van der Waals surface area (Å²) in [5, 5.41) is 8.86. The van der Waals surface area contributed by atoms with Crippen molar-refractivity contribution in [2.75, 3.05) is 0 Å². The van der Waals surface area contributed by atoms with Crippen molar-refractivity contribution < 1.29 is 0 Å². The Balaban J connectivity index is 2.33. The maximum absolute atomic E-state index is 8.86. The zero-order valence-electron chi connectivity index (χ0n) is 11.3. The second kappa shape index (κ2) is 5.45. The fourth-order valence-electron chi connectivity index (χ4n) is 1.78. The number of aromatic nitrogens is 2. The van der Waals surface area contributed by atoms with Crippen molar-refractivity contribution in [2.45, 2.75) is 20.8 Å². The largest absolute Gasteiger partial charge is 0.254 e. The molecular formula is C16H15N3. The van der Waals surface area contributed by atoms with Crippen molar-refractivity contribution in [1.82, 2.24) is 9.97 Å². The fourth-order valence-corrected chi connectivity index (χ4v) is 1.78. The van der Waals surface area contributed by atoms with Gasteiger partial charge in [0.05, 0.1) is 34.4 Å². The molecule has 0 aliphatic rings. The number of hydrogen-bond acceptors (Lipinski definition) is 3. The lowest BCUT2D eigenvalue weighted by atomic mass is 10.1. The van der Waals surface area contributed by atoms with Gasteiger partial charge in [0.2, 0.25) is 0 Å². The molecule has 1 heterocycles. The van der Waals surface area contributed by atoms with Gasteiger partial charge in [0.1, 0.15) is 0 Å². The maximum atomic E-state index is 8.86. The zero-order valence-corrected chi connectivity index (χ0v) is 11.3. The summed E-state index contributed by atoms with van der Waals surface area (Å²) < 4.78 is 0. The minimum absolute atomic E-state index is 0.657. The Hall–Kier alpha value is -2.47. The topological polar surface area (TPSA) is 49.6 Å². The van der Waals surface area contributed by atoms with Gasteiger partial charge in [-0.05, 0) is 44.5 Å². The van der Waals surface area contributed by atoms with Crippen LogP contribution in [0, 0.1) is 32.1 Å². The van der Waals surface area contributed by atoms with Gasteiger partial charge >= 0.3 is 0 Å². The van der Waals surface area contributed by atoms with E-state index < -0.39 is 0 Å². The van der Waals surface area contributed by atoms with Crippen molar-refractivity contribution >= 4 is 12.2 Å². The highest BCUT2D eigenvalue weighted by molar-refractivity contribution is 5.69. The molecule has 0 aliphatic heterocycles. The summed E-state index contributed by atoms with van der Waals surface area (Å²) in [5.74, 6) is 0. The van der Waals surface area contributed by atoms with Crippen LogP contribution >= 0.6 is 0 Å². The number of nitriles is 1. The first kappa shape index (κ1) is 13.0. The number of rotatable bonds is 2. The fraction of sp³-hybridized carbons (Fsp3) is 0.188. The van der Waals surface area contributed by atoms with Gasteiger partial charge in [0.25, 0.3) is 0 Å². The molecule has 0 bridgehead atoms. The van der Waals surface area contributed by atoms with Crippen LogP contribution in [0.2, 0.25) is 0 Å². The number of aryl methyl sites for hydroxylation is 3. The van der Waals surface area contributed by atoms with E-state index in [-0.39, 0.29) is 0 Å². The average molecular weight is 249 g/mol.